The summed E-state index contributed by atoms with van der Waals surface area (Å²) < 4.78 is 20.0. The number of carbonyl (C=O) groups excluding carboxylic acids is 2. The molecule has 33 heavy (non-hydrogen) atoms. The minimum absolute atomic E-state index is 0.235. The molecule has 3 aromatic carbocycles. The summed E-state index contributed by atoms with van der Waals surface area (Å²) in [6, 6.07) is 14.7. The molecule has 8 heteroatoms. The molecule has 1 heterocycles. The normalized spacial score (nSPS) is 12.3. The van der Waals surface area contributed by atoms with Gasteiger partial charge in [0.25, 0.3) is 5.91 Å². The minimum atomic E-state index is -0.891. The molecule has 1 aliphatic rings. The van der Waals surface area contributed by atoms with E-state index >= 15 is 0 Å². The highest BCUT2D eigenvalue weighted by Crippen LogP contribution is 2.43. The average Bonchev–Trinajstić information content (AvgIpc) is 2.95. The smallest absolute Gasteiger partial charge is 0.338 e. The Hall–Kier alpha value is -3.16. The first-order chi connectivity index (χ1) is 15.9. The van der Waals surface area contributed by atoms with Gasteiger partial charge in [0.05, 0.1) is 29.1 Å². The molecule has 0 saturated carbocycles. The molecule has 168 valence electrons. The van der Waals surface area contributed by atoms with Crippen LogP contribution < -0.4 is 5.73 Å². The highest BCUT2D eigenvalue weighted by atomic mass is 35.5. The highest BCUT2D eigenvalue weighted by molar-refractivity contribution is 7.99. The lowest BCUT2D eigenvalue weighted by molar-refractivity contribution is 0.0499. The third kappa shape index (κ3) is 4.79. The molecule has 0 fully saturated rings. The Morgan fingerprint density at radius 2 is 1.82 bits per heavy atom. The maximum absolute atomic E-state index is 14.7. The summed E-state index contributed by atoms with van der Waals surface area (Å²) in [4.78, 5) is 30.8. The second-order valence-corrected chi connectivity index (χ2v) is 8.92. The summed E-state index contributed by atoms with van der Waals surface area (Å²) in [5, 5.41) is 0.523. The van der Waals surface area contributed by atoms with Crippen LogP contribution in [0, 0.1) is 5.82 Å². The Kier molecular flexibility index (Phi) is 6.81. The fourth-order valence-electron chi connectivity index (χ4n) is 3.44. The molecule has 2 N–H and O–H groups in total. The molecule has 1 aliphatic heterocycles. The van der Waals surface area contributed by atoms with E-state index in [1.165, 1.54) is 17.8 Å². The average molecular weight is 483 g/mol. The lowest BCUT2D eigenvalue weighted by atomic mass is 9.96. The zero-order valence-corrected chi connectivity index (χ0v) is 19.3. The monoisotopic (exact) mass is 482 g/mol. The number of fused-ring (bicyclic) bond motifs is 2. The van der Waals surface area contributed by atoms with Crippen molar-refractivity contribution in [1.29, 1.82) is 0 Å². The van der Waals surface area contributed by atoms with E-state index in [1.54, 1.807) is 48.5 Å². The number of benzene rings is 3. The summed E-state index contributed by atoms with van der Waals surface area (Å²) in [6.45, 7) is 2.36. The van der Waals surface area contributed by atoms with Gasteiger partial charge in [-0.2, -0.15) is 0 Å². The second-order valence-electron chi connectivity index (χ2n) is 7.40. The number of halogens is 2. The Balaban J connectivity index is 1.90. The number of rotatable bonds is 6. The van der Waals surface area contributed by atoms with Crippen LogP contribution in [-0.4, -0.2) is 24.2 Å². The topological polar surface area (TPSA) is 81.8 Å². The number of carbonyl (C=O) groups is 2. The van der Waals surface area contributed by atoms with Crippen LogP contribution in [0.5, 0.6) is 0 Å². The molecule has 0 atom stereocenters. The van der Waals surface area contributed by atoms with Crippen molar-refractivity contribution in [3.63, 3.8) is 0 Å². The van der Waals surface area contributed by atoms with Gasteiger partial charge < -0.3 is 10.5 Å². The maximum Gasteiger partial charge on any atom is 0.338 e. The third-order valence-corrected chi connectivity index (χ3v) is 6.47. The van der Waals surface area contributed by atoms with Gasteiger partial charge in [-0.1, -0.05) is 48.8 Å². The number of amides is 1. The summed E-state index contributed by atoms with van der Waals surface area (Å²) in [6.07, 6.45) is 1.70. The number of nitrogens with two attached hydrogens (primary N) is 1. The van der Waals surface area contributed by atoms with Crippen molar-refractivity contribution in [1.82, 2.24) is 0 Å². The van der Waals surface area contributed by atoms with Crippen molar-refractivity contribution in [3.05, 3.63) is 87.7 Å². The highest BCUT2D eigenvalue weighted by Gasteiger charge is 2.27. The van der Waals surface area contributed by atoms with Crippen LogP contribution >= 0.6 is 23.4 Å². The molecule has 0 aromatic heterocycles. The van der Waals surface area contributed by atoms with E-state index in [0.29, 0.717) is 44.6 Å². The summed E-state index contributed by atoms with van der Waals surface area (Å²) in [5.74, 6) is -2.06. The zero-order chi connectivity index (χ0) is 23.5. The van der Waals surface area contributed by atoms with Crippen LogP contribution in [0.25, 0.3) is 0 Å². The number of primary amides is 1. The predicted molar refractivity (Wildman–Crippen MR) is 127 cm³/mol. The fraction of sp³-hybridized carbons (Fsp3) is 0.160. The van der Waals surface area contributed by atoms with Crippen molar-refractivity contribution < 1.29 is 18.7 Å². The molecule has 5 nitrogen and oxygen atoms in total. The van der Waals surface area contributed by atoms with Crippen LogP contribution in [0.4, 0.5) is 10.1 Å². The molecule has 1 amide bonds. The van der Waals surface area contributed by atoms with E-state index in [4.69, 9.17) is 27.1 Å². The molecule has 0 spiro atoms. The number of nitrogens with zero attached hydrogens (tertiary/aromatic N) is 1. The van der Waals surface area contributed by atoms with Crippen LogP contribution in [0.2, 0.25) is 5.02 Å². The van der Waals surface area contributed by atoms with Crippen molar-refractivity contribution in [2.45, 2.75) is 29.6 Å². The molecule has 0 saturated heterocycles. The number of hydrogen-bond acceptors (Lipinski definition) is 5. The summed E-state index contributed by atoms with van der Waals surface area (Å²) >= 11 is 7.37. The summed E-state index contributed by atoms with van der Waals surface area (Å²) in [5.41, 5.74) is 7.47. The van der Waals surface area contributed by atoms with E-state index in [1.807, 2.05) is 6.92 Å². The van der Waals surface area contributed by atoms with E-state index in [-0.39, 0.29) is 5.56 Å². The first-order valence-electron chi connectivity index (χ1n) is 10.4. The molecular formula is C25H20ClFN2O3S. The van der Waals surface area contributed by atoms with Gasteiger partial charge in [0, 0.05) is 25.9 Å². The van der Waals surface area contributed by atoms with Gasteiger partial charge in [-0.15, -0.1) is 0 Å². The maximum atomic E-state index is 14.7. The Bertz CT molecular complexity index is 1280. The standard InChI is InChI=1S/C25H20ClFN2O3S/c1-2-3-12-32-25(31)15-6-10-19-18(13-15)29-23(14-4-7-16(26)8-5-14)22-20(33-19)11-9-17(27)21(22)24(28)30/h4-11,13H,2-3,12H2,1H3,(H2,28,30). The quantitative estimate of drug-likeness (QED) is 0.263. The van der Waals surface area contributed by atoms with Crippen molar-refractivity contribution in [2.75, 3.05) is 6.61 Å². The fourth-order valence-corrected chi connectivity index (χ4v) is 4.59. The summed E-state index contributed by atoms with van der Waals surface area (Å²) in [7, 11) is 0. The van der Waals surface area contributed by atoms with Crippen LogP contribution in [-0.2, 0) is 4.74 Å². The van der Waals surface area contributed by atoms with Crippen LogP contribution in [0.1, 0.15) is 51.6 Å². The van der Waals surface area contributed by atoms with Gasteiger partial charge in [0.1, 0.15) is 5.82 Å². The van der Waals surface area contributed by atoms with Gasteiger partial charge in [-0.3, -0.25) is 4.79 Å². The second kappa shape index (κ2) is 9.77. The molecule has 0 bridgehead atoms. The molecule has 0 radical (unpaired) electrons. The molecule has 0 unspecified atom stereocenters. The van der Waals surface area contributed by atoms with Crippen molar-refractivity contribution in [3.8, 4) is 0 Å². The SMILES string of the molecule is CCCCOC(=O)c1ccc2c(c1)N=C(c1ccc(Cl)cc1)c1c(ccc(F)c1C(N)=O)S2. The largest absolute Gasteiger partial charge is 0.462 e. The predicted octanol–water partition coefficient (Wildman–Crippen LogP) is 6.17. The van der Waals surface area contributed by atoms with Gasteiger partial charge in [-0.25, -0.2) is 14.2 Å². The van der Waals surface area contributed by atoms with Gasteiger partial charge in [0.15, 0.2) is 0 Å². The van der Waals surface area contributed by atoms with E-state index in [0.717, 1.165) is 17.7 Å². The number of hydrogen-bond donors (Lipinski definition) is 1. The van der Waals surface area contributed by atoms with Crippen LogP contribution in [0.15, 0.2) is 69.4 Å². The van der Waals surface area contributed by atoms with Gasteiger partial charge in [0.2, 0.25) is 0 Å². The van der Waals surface area contributed by atoms with E-state index in [2.05, 4.69) is 0 Å². The van der Waals surface area contributed by atoms with Gasteiger partial charge >= 0.3 is 5.97 Å². The molecular weight excluding hydrogens is 463 g/mol. The van der Waals surface area contributed by atoms with Crippen molar-refractivity contribution in [2.24, 2.45) is 10.7 Å². The molecule has 4 rings (SSSR count). The van der Waals surface area contributed by atoms with E-state index in [9.17, 15) is 14.0 Å². The number of ether oxygens (including phenoxy) is 1. The number of aliphatic imine (C=N–C) groups is 1. The van der Waals surface area contributed by atoms with Gasteiger partial charge in [-0.05, 0) is 48.9 Å². The van der Waals surface area contributed by atoms with Crippen LogP contribution in [0.3, 0.4) is 0 Å². The molecule has 0 aliphatic carbocycles. The van der Waals surface area contributed by atoms with E-state index < -0.39 is 17.7 Å². The number of esters is 1. The lowest BCUT2D eigenvalue weighted by Gasteiger charge is -2.14. The molecule has 3 aromatic rings. The Morgan fingerprint density at radius 3 is 2.52 bits per heavy atom. The van der Waals surface area contributed by atoms with Crippen molar-refractivity contribution >= 4 is 46.6 Å². The third-order valence-electron chi connectivity index (χ3n) is 5.09. The Labute approximate surface area is 199 Å². The number of unbranched alkanes of at least 4 members (excludes halogenated alkanes) is 1. The lowest BCUT2D eigenvalue weighted by Crippen LogP contribution is -2.20. The first-order valence-corrected chi connectivity index (χ1v) is 11.5. The first kappa shape index (κ1) is 23.0. The minimum Gasteiger partial charge on any atom is -0.462 e. The zero-order valence-electron chi connectivity index (χ0n) is 17.7. The Morgan fingerprint density at radius 1 is 1.09 bits per heavy atom.